The lowest BCUT2D eigenvalue weighted by Crippen LogP contribution is -2.38. The molecule has 0 radical (unpaired) electrons. The van der Waals surface area contributed by atoms with Gasteiger partial charge in [-0.1, -0.05) is 31.5 Å². The van der Waals surface area contributed by atoms with Crippen molar-refractivity contribution in [3.05, 3.63) is 35.2 Å². The second-order valence-electron chi connectivity index (χ2n) is 5.41. The van der Waals surface area contributed by atoms with Gasteiger partial charge >= 0.3 is 0 Å². The topological polar surface area (TPSA) is 29.5 Å². The molecule has 0 bridgehead atoms. The predicted molar refractivity (Wildman–Crippen MR) is 79.6 cm³/mol. The summed E-state index contributed by atoms with van der Waals surface area (Å²) < 4.78 is 7.00. The molecule has 0 spiro atoms. The summed E-state index contributed by atoms with van der Waals surface area (Å²) in [6, 6.07) is 8.36. The van der Waals surface area contributed by atoms with E-state index in [1.807, 2.05) is 6.07 Å². The van der Waals surface area contributed by atoms with Crippen LogP contribution >= 0.6 is 11.3 Å². The van der Waals surface area contributed by atoms with Crippen LogP contribution in [0.2, 0.25) is 0 Å². The molecule has 1 aliphatic rings. The fourth-order valence-electron chi connectivity index (χ4n) is 3.04. The Morgan fingerprint density at radius 1 is 1.42 bits per heavy atom. The van der Waals surface area contributed by atoms with Crippen molar-refractivity contribution in [2.75, 3.05) is 6.61 Å². The van der Waals surface area contributed by atoms with Gasteiger partial charge in [0.2, 0.25) is 0 Å². The van der Waals surface area contributed by atoms with Gasteiger partial charge in [-0.15, -0.1) is 11.3 Å². The Labute approximate surface area is 118 Å². The fourth-order valence-corrected chi connectivity index (χ4v) is 4.05. The van der Waals surface area contributed by atoms with Crippen molar-refractivity contribution in [1.82, 2.24) is 0 Å². The van der Waals surface area contributed by atoms with E-state index >= 15 is 0 Å². The van der Waals surface area contributed by atoms with Crippen molar-refractivity contribution in [3.8, 4) is 0 Å². The summed E-state index contributed by atoms with van der Waals surface area (Å²) in [5.74, 6) is 0. The van der Waals surface area contributed by atoms with Crippen molar-refractivity contribution < 1.29 is 9.84 Å². The number of hydrogen-bond acceptors (Lipinski definition) is 3. The fraction of sp³-hybridized carbons (Fsp3) is 0.500. The third-order valence-electron chi connectivity index (χ3n) is 4.03. The largest absolute Gasteiger partial charge is 0.385 e. The van der Waals surface area contributed by atoms with E-state index in [0.29, 0.717) is 13.0 Å². The zero-order valence-corrected chi connectivity index (χ0v) is 12.1. The molecule has 3 heteroatoms. The molecule has 1 fully saturated rings. The highest BCUT2D eigenvalue weighted by Gasteiger charge is 2.37. The van der Waals surface area contributed by atoms with Crippen molar-refractivity contribution in [1.29, 1.82) is 0 Å². The molecule has 0 amide bonds. The highest BCUT2D eigenvalue weighted by molar-refractivity contribution is 7.17. The first-order valence-electron chi connectivity index (χ1n) is 7.03. The van der Waals surface area contributed by atoms with Crippen LogP contribution in [-0.4, -0.2) is 17.8 Å². The van der Waals surface area contributed by atoms with E-state index in [-0.39, 0.29) is 6.10 Å². The second-order valence-corrected chi connectivity index (χ2v) is 6.33. The first-order valence-corrected chi connectivity index (χ1v) is 7.91. The zero-order valence-electron chi connectivity index (χ0n) is 11.3. The maximum absolute atomic E-state index is 11.1. The average molecular weight is 276 g/mol. The summed E-state index contributed by atoms with van der Waals surface area (Å²) >= 11 is 1.72. The second kappa shape index (κ2) is 5.23. The van der Waals surface area contributed by atoms with Crippen LogP contribution in [0.1, 0.15) is 38.2 Å². The molecule has 2 aromatic rings. The number of ether oxygens (including phenoxy) is 1. The van der Waals surface area contributed by atoms with Crippen LogP contribution in [0.15, 0.2) is 29.6 Å². The van der Waals surface area contributed by atoms with Crippen molar-refractivity contribution in [2.45, 2.75) is 44.3 Å². The number of aliphatic hydroxyl groups is 1. The number of fused-ring (bicyclic) bond motifs is 1. The summed E-state index contributed by atoms with van der Waals surface area (Å²) in [5, 5.41) is 14.4. The molecule has 1 aliphatic heterocycles. The predicted octanol–water partition coefficient (Wildman–Crippen LogP) is 4.07. The highest BCUT2D eigenvalue weighted by Crippen LogP contribution is 2.40. The third kappa shape index (κ3) is 2.42. The Kier molecular flexibility index (Phi) is 3.61. The van der Waals surface area contributed by atoms with Crippen LogP contribution in [0.4, 0.5) is 0 Å². The van der Waals surface area contributed by atoms with E-state index < -0.39 is 5.60 Å². The monoisotopic (exact) mass is 276 g/mol. The average Bonchev–Trinajstić information content (AvgIpc) is 2.87. The van der Waals surface area contributed by atoms with Crippen molar-refractivity contribution >= 4 is 21.4 Å². The van der Waals surface area contributed by atoms with Gasteiger partial charge in [0.1, 0.15) is 0 Å². The normalized spacial score (nSPS) is 27.8. The summed E-state index contributed by atoms with van der Waals surface area (Å²) in [6.07, 6.45) is 3.74. The van der Waals surface area contributed by atoms with Gasteiger partial charge in [0.05, 0.1) is 18.3 Å². The molecule has 1 N–H and O–H groups in total. The number of benzene rings is 1. The minimum atomic E-state index is -0.720. The van der Waals surface area contributed by atoms with E-state index in [0.717, 1.165) is 24.8 Å². The van der Waals surface area contributed by atoms with Gasteiger partial charge < -0.3 is 9.84 Å². The standard InChI is InChI=1S/C16H20O2S/c1-2-4-13-11-16(17,8-9-18-13)14-6-3-5-12-7-10-19-15(12)14/h3,5-7,10,13,17H,2,4,8-9,11H2,1H3. The minimum absolute atomic E-state index is 0.193. The highest BCUT2D eigenvalue weighted by atomic mass is 32.1. The molecule has 102 valence electrons. The lowest BCUT2D eigenvalue weighted by Gasteiger charge is -2.37. The van der Waals surface area contributed by atoms with E-state index in [1.165, 1.54) is 10.1 Å². The quantitative estimate of drug-likeness (QED) is 0.915. The maximum atomic E-state index is 11.1. The third-order valence-corrected chi connectivity index (χ3v) is 4.99. The lowest BCUT2D eigenvalue weighted by molar-refractivity contribution is -0.109. The van der Waals surface area contributed by atoms with Gasteiger partial charge in [0.15, 0.2) is 0 Å². The molecule has 0 saturated carbocycles. The Balaban J connectivity index is 1.97. The SMILES string of the molecule is CCCC1CC(O)(c2cccc3ccsc23)CCO1. The zero-order chi connectivity index (χ0) is 13.3. The molecule has 2 heterocycles. The van der Waals surface area contributed by atoms with Gasteiger partial charge in [-0.25, -0.2) is 0 Å². The number of rotatable bonds is 3. The maximum Gasteiger partial charge on any atom is 0.0957 e. The summed E-state index contributed by atoms with van der Waals surface area (Å²) in [5.41, 5.74) is 0.368. The first-order chi connectivity index (χ1) is 9.23. The lowest BCUT2D eigenvalue weighted by atomic mass is 9.82. The molecule has 2 nitrogen and oxygen atoms in total. The van der Waals surface area contributed by atoms with Crippen molar-refractivity contribution in [3.63, 3.8) is 0 Å². The minimum Gasteiger partial charge on any atom is -0.385 e. The molecule has 2 unspecified atom stereocenters. The molecule has 1 aromatic carbocycles. The Bertz CT molecular complexity index is 561. The molecule has 3 rings (SSSR count). The summed E-state index contributed by atoms with van der Waals surface area (Å²) in [6.45, 7) is 2.82. The van der Waals surface area contributed by atoms with Gasteiger partial charge in [0, 0.05) is 23.1 Å². The van der Waals surface area contributed by atoms with Gasteiger partial charge in [-0.2, -0.15) is 0 Å². The molecular weight excluding hydrogens is 256 g/mol. The Morgan fingerprint density at radius 3 is 3.16 bits per heavy atom. The summed E-state index contributed by atoms with van der Waals surface area (Å²) in [4.78, 5) is 0. The Hall–Kier alpha value is -0.900. The molecule has 1 aromatic heterocycles. The van der Waals surface area contributed by atoms with E-state index in [4.69, 9.17) is 4.74 Å². The molecule has 2 atom stereocenters. The molecule has 0 aliphatic carbocycles. The molecule has 19 heavy (non-hydrogen) atoms. The molecular formula is C16H20O2S. The van der Waals surface area contributed by atoms with Crippen LogP contribution in [0.3, 0.4) is 0 Å². The Morgan fingerprint density at radius 2 is 2.32 bits per heavy atom. The first kappa shape index (κ1) is 13.1. The van der Waals surface area contributed by atoms with Crippen molar-refractivity contribution in [2.24, 2.45) is 0 Å². The van der Waals surface area contributed by atoms with E-state index in [1.54, 1.807) is 11.3 Å². The van der Waals surface area contributed by atoms with Crippen LogP contribution in [0, 0.1) is 0 Å². The smallest absolute Gasteiger partial charge is 0.0957 e. The van der Waals surface area contributed by atoms with E-state index in [9.17, 15) is 5.11 Å². The number of thiophene rings is 1. The molecule has 1 saturated heterocycles. The van der Waals surface area contributed by atoms with E-state index in [2.05, 4.69) is 30.5 Å². The van der Waals surface area contributed by atoms with Crippen LogP contribution in [0.5, 0.6) is 0 Å². The van der Waals surface area contributed by atoms with Gasteiger partial charge in [-0.3, -0.25) is 0 Å². The van der Waals surface area contributed by atoms with Crippen LogP contribution in [-0.2, 0) is 10.3 Å². The summed E-state index contributed by atoms with van der Waals surface area (Å²) in [7, 11) is 0. The number of hydrogen-bond donors (Lipinski definition) is 1. The van der Waals surface area contributed by atoms with Gasteiger partial charge in [0.25, 0.3) is 0 Å². The van der Waals surface area contributed by atoms with Crippen LogP contribution in [0.25, 0.3) is 10.1 Å². The van der Waals surface area contributed by atoms with Gasteiger partial charge in [-0.05, 0) is 23.3 Å². The van der Waals surface area contributed by atoms with Crippen LogP contribution < -0.4 is 0 Å².